The molecule has 72 valence electrons. The molecule has 0 saturated carbocycles. The molecule has 2 rings (SSSR count). The van der Waals surface area contributed by atoms with Crippen LogP contribution in [0.3, 0.4) is 0 Å². The van der Waals surface area contributed by atoms with Gasteiger partial charge in [-0.3, -0.25) is 4.79 Å². The second-order valence-electron chi connectivity index (χ2n) is 3.90. The minimum Gasteiger partial charge on any atom is -0.339 e. The summed E-state index contributed by atoms with van der Waals surface area (Å²) in [6.07, 6.45) is 7.11. The summed E-state index contributed by atoms with van der Waals surface area (Å²) in [5, 5.41) is 0. The number of hydrogen-bond acceptors (Lipinski definition) is 2. The molecule has 1 saturated heterocycles. The highest BCUT2D eigenvalue weighted by atomic mass is 16.2. The first kappa shape index (κ1) is 8.75. The van der Waals surface area contributed by atoms with Crippen molar-refractivity contribution in [2.24, 2.45) is 5.73 Å². The van der Waals surface area contributed by atoms with Crippen molar-refractivity contribution in [2.75, 3.05) is 13.1 Å². The van der Waals surface area contributed by atoms with Crippen LogP contribution in [-0.4, -0.2) is 29.9 Å². The molecule has 13 heavy (non-hydrogen) atoms. The van der Waals surface area contributed by atoms with Crippen molar-refractivity contribution in [1.29, 1.82) is 0 Å². The molecular weight excluding hydrogens is 164 g/mol. The summed E-state index contributed by atoms with van der Waals surface area (Å²) in [5.41, 5.74) is 7.01. The first-order valence-electron chi connectivity index (χ1n) is 4.99. The van der Waals surface area contributed by atoms with Crippen LogP contribution in [0.5, 0.6) is 0 Å². The van der Waals surface area contributed by atoms with Crippen LogP contribution < -0.4 is 5.73 Å². The van der Waals surface area contributed by atoms with Gasteiger partial charge in [-0.25, -0.2) is 0 Å². The van der Waals surface area contributed by atoms with E-state index in [2.05, 4.69) is 6.08 Å². The molecule has 1 aliphatic heterocycles. The predicted molar refractivity (Wildman–Crippen MR) is 51.1 cm³/mol. The highest BCUT2D eigenvalue weighted by molar-refractivity contribution is 5.87. The van der Waals surface area contributed by atoms with Gasteiger partial charge in [0.2, 0.25) is 5.91 Å². The third-order valence-electron chi connectivity index (χ3n) is 2.88. The molecule has 3 nitrogen and oxygen atoms in total. The SMILES string of the molecule is NC1CN(CCC2=CCCC2)C1=O. The monoisotopic (exact) mass is 180 g/mol. The molecule has 0 spiro atoms. The summed E-state index contributed by atoms with van der Waals surface area (Å²) < 4.78 is 0. The lowest BCUT2D eigenvalue weighted by atomic mass is 10.1. The molecule has 0 bridgehead atoms. The molecule has 2 aliphatic rings. The van der Waals surface area contributed by atoms with Gasteiger partial charge >= 0.3 is 0 Å². The van der Waals surface area contributed by atoms with Crippen LogP contribution in [0.4, 0.5) is 0 Å². The van der Waals surface area contributed by atoms with Crippen molar-refractivity contribution in [3.05, 3.63) is 11.6 Å². The number of rotatable bonds is 3. The number of β-lactam (4-membered cyclic amide) rings is 1. The van der Waals surface area contributed by atoms with Gasteiger partial charge in [0.15, 0.2) is 0 Å². The van der Waals surface area contributed by atoms with Gasteiger partial charge in [0.1, 0.15) is 6.04 Å². The average molecular weight is 180 g/mol. The minimum absolute atomic E-state index is 0.124. The Kier molecular flexibility index (Phi) is 2.36. The number of likely N-dealkylation sites (tertiary alicyclic amines) is 1. The Morgan fingerprint density at radius 2 is 2.46 bits per heavy atom. The lowest BCUT2D eigenvalue weighted by Crippen LogP contribution is -2.60. The molecule has 1 atom stereocenters. The van der Waals surface area contributed by atoms with E-state index in [0.717, 1.165) is 19.5 Å². The van der Waals surface area contributed by atoms with Gasteiger partial charge < -0.3 is 10.6 Å². The molecular formula is C10H16N2O. The molecule has 3 heteroatoms. The third-order valence-corrected chi connectivity index (χ3v) is 2.88. The van der Waals surface area contributed by atoms with Crippen LogP contribution in [-0.2, 0) is 4.79 Å². The van der Waals surface area contributed by atoms with E-state index < -0.39 is 0 Å². The molecule has 1 unspecified atom stereocenters. The van der Waals surface area contributed by atoms with Crippen LogP contribution >= 0.6 is 0 Å². The molecule has 1 aliphatic carbocycles. The Morgan fingerprint density at radius 1 is 1.62 bits per heavy atom. The number of carbonyl (C=O) groups excluding carboxylic acids is 1. The van der Waals surface area contributed by atoms with Gasteiger partial charge in [0.25, 0.3) is 0 Å². The number of nitrogens with two attached hydrogens (primary N) is 1. The molecule has 0 aromatic carbocycles. The predicted octanol–water partition coefficient (Wildman–Crippen LogP) is 0.656. The largest absolute Gasteiger partial charge is 0.339 e. The van der Waals surface area contributed by atoms with E-state index in [1.165, 1.54) is 24.8 Å². The van der Waals surface area contributed by atoms with E-state index in [1.807, 2.05) is 4.90 Å². The Bertz CT molecular complexity index is 247. The van der Waals surface area contributed by atoms with Crippen molar-refractivity contribution in [3.63, 3.8) is 0 Å². The van der Waals surface area contributed by atoms with Crippen molar-refractivity contribution in [2.45, 2.75) is 31.7 Å². The van der Waals surface area contributed by atoms with Gasteiger partial charge in [-0.05, 0) is 25.7 Å². The molecule has 0 aromatic heterocycles. The second kappa shape index (κ2) is 3.50. The van der Waals surface area contributed by atoms with Crippen LogP contribution in [0.1, 0.15) is 25.7 Å². The first-order chi connectivity index (χ1) is 6.27. The maximum absolute atomic E-state index is 11.1. The van der Waals surface area contributed by atoms with Crippen LogP contribution in [0.15, 0.2) is 11.6 Å². The lowest BCUT2D eigenvalue weighted by molar-refractivity contribution is -0.142. The fraction of sp³-hybridized carbons (Fsp3) is 0.700. The van der Waals surface area contributed by atoms with Crippen molar-refractivity contribution in [1.82, 2.24) is 4.90 Å². The summed E-state index contributed by atoms with van der Waals surface area (Å²) in [6.45, 7) is 1.63. The number of hydrogen-bond donors (Lipinski definition) is 1. The number of amides is 1. The second-order valence-corrected chi connectivity index (χ2v) is 3.90. The zero-order valence-electron chi connectivity index (χ0n) is 7.83. The molecule has 1 fully saturated rings. The van der Waals surface area contributed by atoms with E-state index in [9.17, 15) is 4.79 Å². The van der Waals surface area contributed by atoms with Gasteiger partial charge in [0, 0.05) is 13.1 Å². The maximum Gasteiger partial charge on any atom is 0.241 e. The standard InChI is InChI=1S/C10H16N2O/c11-9-7-12(10(9)13)6-5-8-3-1-2-4-8/h3,9H,1-2,4-7,11H2. The van der Waals surface area contributed by atoms with Gasteiger partial charge in [-0.15, -0.1) is 0 Å². The van der Waals surface area contributed by atoms with Crippen molar-refractivity contribution in [3.8, 4) is 0 Å². The first-order valence-corrected chi connectivity index (χ1v) is 4.99. The number of nitrogens with zero attached hydrogens (tertiary/aromatic N) is 1. The van der Waals surface area contributed by atoms with E-state index >= 15 is 0 Å². The molecule has 0 aromatic rings. The summed E-state index contributed by atoms with van der Waals surface area (Å²) in [4.78, 5) is 13.0. The fourth-order valence-corrected chi connectivity index (χ4v) is 1.97. The summed E-state index contributed by atoms with van der Waals surface area (Å²) >= 11 is 0. The highest BCUT2D eigenvalue weighted by Crippen LogP contribution is 2.21. The Morgan fingerprint density at radius 3 is 3.00 bits per heavy atom. The summed E-state index contributed by atoms with van der Waals surface area (Å²) in [6, 6.07) is -0.211. The van der Waals surface area contributed by atoms with Gasteiger partial charge in [0.05, 0.1) is 0 Å². The van der Waals surface area contributed by atoms with Gasteiger partial charge in [-0.1, -0.05) is 11.6 Å². The normalized spacial score (nSPS) is 27.5. The van der Waals surface area contributed by atoms with E-state index in [1.54, 1.807) is 0 Å². The van der Waals surface area contributed by atoms with Crippen LogP contribution in [0.2, 0.25) is 0 Å². The van der Waals surface area contributed by atoms with Gasteiger partial charge in [-0.2, -0.15) is 0 Å². The zero-order valence-corrected chi connectivity index (χ0v) is 7.83. The van der Waals surface area contributed by atoms with E-state index in [0.29, 0.717) is 0 Å². The van der Waals surface area contributed by atoms with Crippen molar-refractivity contribution < 1.29 is 4.79 Å². The Balaban J connectivity index is 1.71. The highest BCUT2D eigenvalue weighted by Gasteiger charge is 2.32. The zero-order chi connectivity index (χ0) is 9.26. The molecule has 1 amide bonds. The molecule has 1 heterocycles. The van der Waals surface area contributed by atoms with Crippen molar-refractivity contribution >= 4 is 5.91 Å². The van der Waals surface area contributed by atoms with Crippen LogP contribution in [0.25, 0.3) is 0 Å². The summed E-state index contributed by atoms with van der Waals surface area (Å²) in [7, 11) is 0. The average Bonchev–Trinajstić information content (AvgIpc) is 2.64. The molecule has 0 radical (unpaired) electrons. The minimum atomic E-state index is -0.211. The Hall–Kier alpha value is -0.830. The van der Waals surface area contributed by atoms with E-state index in [-0.39, 0.29) is 11.9 Å². The summed E-state index contributed by atoms with van der Waals surface area (Å²) in [5.74, 6) is 0.124. The van der Waals surface area contributed by atoms with Crippen LogP contribution in [0, 0.1) is 0 Å². The number of carbonyl (C=O) groups is 1. The number of allylic oxidation sites excluding steroid dienone is 1. The van der Waals surface area contributed by atoms with E-state index in [4.69, 9.17) is 5.73 Å². The smallest absolute Gasteiger partial charge is 0.241 e. The third kappa shape index (κ3) is 1.75. The molecule has 2 N–H and O–H groups in total. The quantitative estimate of drug-likeness (QED) is 0.512. The Labute approximate surface area is 78.6 Å². The lowest BCUT2D eigenvalue weighted by Gasteiger charge is -2.36. The topological polar surface area (TPSA) is 46.3 Å². The maximum atomic E-state index is 11.1. The fourth-order valence-electron chi connectivity index (χ4n) is 1.97.